The van der Waals surface area contributed by atoms with E-state index in [1.54, 1.807) is 6.33 Å². The second-order valence-electron chi connectivity index (χ2n) is 3.94. The van der Waals surface area contributed by atoms with E-state index in [4.69, 9.17) is 16.3 Å². The molecule has 6 nitrogen and oxygen atoms in total. The SMILES string of the molecule is Cn1cnc2nc(Cl)nc(N3CCOCC3)c21. The Bertz CT molecular complexity index is 549. The van der Waals surface area contributed by atoms with Crippen molar-refractivity contribution in [2.75, 3.05) is 31.2 Å². The molecule has 3 heterocycles. The number of halogens is 1. The number of morpholine rings is 1. The molecule has 0 atom stereocenters. The Morgan fingerprint density at radius 2 is 2.06 bits per heavy atom. The molecule has 3 rings (SSSR count). The molecule has 0 unspecified atom stereocenters. The molecule has 0 aromatic carbocycles. The van der Waals surface area contributed by atoms with Crippen LogP contribution in [0.5, 0.6) is 0 Å². The van der Waals surface area contributed by atoms with Crippen molar-refractivity contribution in [1.82, 2.24) is 19.5 Å². The maximum Gasteiger partial charge on any atom is 0.226 e. The van der Waals surface area contributed by atoms with Gasteiger partial charge in [0.15, 0.2) is 11.5 Å². The number of aromatic nitrogens is 4. The van der Waals surface area contributed by atoms with Gasteiger partial charge < -0.3 is 14.2 Å². The normalized spacial score (nSPS) is 16.7. The van der Waals surface area contributed by atoms with Crippen LogP contribution in [0.3, 0.4) is 0 Å². The summed E-state index contributed by atoms with van der Waals surface area (Å²) in [7, 11) is 1.93. The Kier molecular flexibility index (Phi) is 2.60. The van der Waals surface area contributed by atoms with E-state index in [9.17, 15) is 0 Å². The van der Waals surface area contributed by atoms with E-state index in [1.165, 1.54) is 0 Å². The standard InChI is InChI=1S/C10H12ClN5O/c1-15-6-12-8-7(15)9(14-10(11)13-8)16-2-4-17-5-3-16/h6H,2-5H2,1H3. The summed E-state index contributed by atoms with van der Waals surface area (Å²) in [6.45, 7) is 3.04. The third-order valence-electron chi connectivity index (χ3n) is 2.84. The van der Waals surface area contributed by atoms with E-state index >= 15 is 0 Å². The highest BCUT2D eigenvalue weighted by Gasteiger charge is 2.19. The van der Waals surface area contributed by atoms with Gasteiger partial charge >= 0.3 is 0 Å². The monoisotopic (exact) mass is 253 g/mol. The van der Waals surface area contributed by atoms with Crippen LogP contribution in [0.15, 0.2) is 6.33 Å². The molecule has 0 spiro atoms. The first kappa shape index (κ1) is 10.7. The number of hydrogen-bond acceptors (Lipinski definition) is 5. The lowest BCUT2D eigenvalue weighted by Crippen LogP contribution is -2.37. The number of anilines is 1. The molecule has 1 fully saturated rings. The second-order valence-corrected chi connectivity index (χ2v) is 4.28. The topological polar surface area (TPSA) is 56.1 Å². The zero-order valence-electron chi connectivity index (χ0n) is 9.43. The number of nitrogens with zero attached hydrogens (tertiary/aromatic N) is 5. The molecule has 1 saturated heterocycles. The lowest BCUT2D eigenvalue weighted by molar-refractivity contribution is 0.122. The first-order chi connectivity index (χ1) is 8.25. The summed E-state index contributed by atoms with van der Waals surface area (Å²) >= 11 is 5.92. The van der Waals surface area contributed by atoms with Crippen molar-refractivity contribution < 1.29 is 4.74 Å². The van der Waals surface area contributed by atoms with E-state index in [1.807, 2.05) is 11.6 Å². The summed E-state index contributed by atoms with van der Waals surface area (Å²) in [5.41, 5.74) is 1.55. The Balaban J connectivity index is 2.15. The Morgan fingerprint density at radius 3 is 2.82 bits per heavy atom. The first-order valence-electron chi connectivity index (χ1n) is 5.43. The van der Waals surface area contributed by atoms with Crippen LogP contribution in [-0.4, -0.2) is 45.8 Å². The van der Waals surface area contributed by atoms with Gasteiger partial charge in [0, 0.05) is 20.1 Å². The van der Waals surface area contributed by atoms with Gasteiger partial charge in [-0.05, 0) is 11.6 Å². The van der Waals surface area contributed by atoms with Crippen molar-refractivity contribution in [2.45, 2.75) is 0 Å². The third-order valence-corrected chi connectivity index (χ3v) is 3.01. The maximum absolute atomic E-state index is 5.92. The van der Waals surface area contributed by atoms with Gasteiger partial charge in [0.25, 0.3) is 0 Å². The highest BCUT2D eigenvalue weighted by Crippen LogP contribution is 2.24. The predicted octanol–water partition coefficient (Wildman–Crippen LogP) is 0.853. The van der Waals surface area contributed by atoms with Gasteiger partial charge in [0.05, 0.1) is 19.5 Å². The number of rotatable bonds is 1. The zero-order chi connectivity index (χ0) is 11.8. The van der Waals surface area contributed by atoms with Crippen molar-refractivity contribution in [3.05, 3.63) is 11.6 Å². The number of hydrogen-bond donors (Lipinski definition) is 0. The molecule has 0 radical (unpaired) electrons. The predicted molar refractivity (Wildman–Crippen MR) is 64.3 cm³/mol. The molecule has 1 aliphatic heterocycles. The van der Waals surface area contributed by atoms with Gasteiger partial charge in [0.2, 0.25) is 5.28 Å². The van der Waals surface area contributed by atoms with Crippen molar-refractivity contribution in [2.24, 2.45) is 7.05 Å². The molecular weight excluding hydrogens is 242 g/mol. The van der Waals surface area contributed by atoms with Gasteiger partial charge in [-0.3, -0.25) is 0 Å². The fourth-order valence-corrected chi connectivity index (χ4v) is 2.17. The van der Waals surface area contributed by atoms with Crippen LogP contribution in [0.25, 0.3) is 11.2 Å². The summed E-state index contributed by atoms with van der Waals surface area (Å²) in [4.78, 5) is 14.8. The van der Waals surface area contributed by atoms with Crippen LogP contribution in [0.1, 0.15) is 0 Å². The molecule has 0 bridgehead atoms. The molecule has 7 heteroatoms. The fourth-order valence-electron chi connectivity index (χ4n) is 2.01. The molecule has 0 saturated carbocycles. The summed E-state index contributed by atoms with van der Waals surface area (Å²) in [5.74, 6) is 0.836. The first-order valence-corrected chi connectivity index (χ1v) is 5.81. The van der Waals surface area contributed by atoms with Gasteiger partial charge in [-0.25, -0.2) is 4.98 Å². The van der Waals surface area contributed by atoms with Gasteiger partial charge in [-0.1, -0.05) is 0 Å². The molecule has 0 amide bonds. The highest BCUT2D eigenvalue weighted by molar-refractivity contribution is 6.28. The van der Waals surface area contributed by atoms with Crippen LogP contribution in [0, 0.1) is 0 Å². The van der Waals surface area contributed by atoms with Crippen molar-refractivity contribution in [1.29, 1.82) is 0 Å². The van der Waals surface area contributed by atoms with E-state index < -0.39 is 0 Å². The maximum atomic E-state index is 5.92. The Hall–Kier alpha value is -1.40. The molecule has 0 N–H and O–H groups in total. The lowest BCUT2D eigenvalue weighted by atomic mass is 10.3. The zero-order valence-corrected chi connectivity index (χ0v) is 10.2. The Morgan fingerprint density at radius 1 is 1.29 bits per heavy atom. The average Bonchev–Trinajstić information content (AvgIpc) is 2.71. The summed E-state index contributed by atoms with van der Waals surface area (Å²) < 4.78 is 7.25. The van der Waals surface area contributed by atoms with Gasteiger partial charge in [-0.2, -0.15) is 9.97 Å². The van der Waals surface area contributed by atoms with Crippen LogP contribution in [0.4, 0.5) is 5.82 Å². The number of aryl methyl sites for hydroxylation is 1. The van der Waals surface area contributed by atoms with Crippen molar-refractivity contribution in [3.8, 4) is 0 Å². The minimum Gasteiger partial charge on any atom is -0.378 e. The van der Waals surface area contributed by atoms with Crippen LogP contribution in [-0.2, 0) is 11.8 Å². The number of ether oxygens (including phenoxy) is 1. The molecule has 0 aliphatic carbocycles. The summed E-state index contributed by atoms with van der Waals surface area (Å²) in [5, 5.41) is 0.234. The molecule has 1 aliphatic rings. The minimum atomic E-state index is 0.234. The smallest absolute Gasteiger partial charge is 0.226 e. The van der Waals surface area contributed by atoms with E-state index in [0.717, 1.165) is 24.4 Å². The molecule has 90 valence electrons. The van der Waals surface area contributed by atoms with E-state index in [2.05, 4.69) is 19.9 Å². The van der Waals surface area contributed by atoms with E-state index in [0.29, 0.717) is 18.9 Å². The minimum absolute atomic E-state index is 0.234. The number of imidazole rings is 1. The molecule has 2 aromatic heterocycles. The third kappa shape index (κ3) is 1.83. The Labute approximate surface area is 103 Å². The summed E-state index contributed by atoms with van der Waals surface area (Å²) in [6, 6.07) is 0. The van der Waals surface area contributed by atoms with Crippen molar-refractivity contribution >= 4 is 28.6 Å². The van der Waals surface area contributed by atoms with Crippen LogP contribution >= 0.6 is 11.6 Å². The average molecular weight is 254 g/mol. The van der Waals surface area contributed by atoms with Crippen LogP contribution < -0.4 is 4.90 Å². The van der Waals surface area contributed by atoms with Crippen LogP contribution in [0.2, 0.25) is 5.28 Å². The fraction of sp³-hybridized carbons (Fsp3) is 0.500. The van der Waals surface area contributed by atoms with Crippen molar-refractivity contribution in [3.63, 3.8) is 0 Å². The highest BCUT2D eigenvalue weighted by atomic mass is 35.5. The quantitative estimate of drug-likeness (QED) is 0.706. The molecule has 2 aromatic rings. The number of fused-ring (bicyclic) bond motifs is 1. The van der Waals surface area contributed by atoms with E-state index in [-0.39, 0.29) is 5.28 Å². The molecule has 17 heavy (non-hydrogen) atoms. The largest absolute Gasteiger partial charge is 0.378 e. The molecular formula is C10H12ClN5O. The van der Waals surface area contributed by atoms with Gasteiger partial charge in [-0.15, -0.1) is 0 Å². The lowest BCUT2D eigenvalue weighted by Gasteiger charge is -2.28. The van der Waals surface area contributed by atoms with Gasteiger partial charge in [0.1, 0.15) is 5.52 Å². The summed E-state index contributed by atoms with van der Waals surface area (Å²) in [6.07, 6.45) is 1.72. The second kappa shape index (κ2) is 4.12.